The van der Waals surface area contributed by atoms with Gasteiger partial charge in [-0.2, -0.15) is 0 Å². The van der Waals surface area contributed by atoms with Gasteiger partial charge in [0.05, 0.1) is 0 Å². The van der Waals surface area contributed by atoms with Crippen LogP contribution in [0.1, 0.15) is 46.0 Å². The van der Waals surface area contributed by atoms with Gasteiger partial charge in [-0.1, -0.05) is 0 Å². The van der Waals surface area contributed by atoms with Gasteiger partial charge in [0.15, 0.2) is 0 Å². The van der Waals surface area contributed by atoms with Gasteiger partial charge < -0.3 is 4.90 Å². The van der Waals surface area contributed by atoms with Crippen LogP contribution in [0.5, 0.6) is 0 Å². The Balaban J connectivity index is 2.03. The van der Waals surface area contributed by atoms with E-state index < -0.39 is 0 Å². The van der Waals surface area contributed by atoms with Gasteiger partial charge in [0, 0.05) is 18.0 Å². The van der Waals surface area contributed by atoms with E-state index in [0.29, 0.717) is 23.9 Å². The standard InChI is InChI=1S/C11H19NO/c1-8-4-3-5-9(2)12(8)11(13)10-6-7-10/h8-10H,3-7H2,1-2H3/t8-,9-/m1/s1. The second-order valence-electron chi connectivity index (χ2n) is 4.65. The smallest absolute Gasteiger partial charge is 0.226 e. The minimum Gasteiger partial charge on any atom is -0.337 e. The lowest BCUT2D eigenvalue weighted by Crippen LogP contribution is -2.48. The number of carbonyl (C=O) groups excluding carboxylic acids is 1. The summed E-state index contributed by atoms with van der Waals surface area (Å²) in [4.78, 5) is 14.0. The maximum atomic E-state index is 11.9. The summed E-state index contributed by atoms with van der Waals surface area (Å²) in [6, 6.07) is 0.966. The summed E-state index contributed by atoms with van der Waals surface area (Å²) in [5.41, 5.74) is 0. The van der Waals surface area contributed by atoms with Crippen molar-refractivity contribution in [2.45, 2.75) is 58.0 Å². The molecule has 2 aliphatic rings. The van der Waals surface area contributed by atoms with E-state index in [-0.39, 0.29) is 0 Å². The van der Waals surface area contributed by atoms with Gasteiger partial charge in [-0.3, -0.25) is 4.79 Å². The van der Waals surface area contributed by atoms with Gasteiger partial charge >= 0.3 is 0 Å². The maximum Gasteiger partial charge on any atom is 0.226 e. The fourth-order valence-electron chi connectivity index (χ4n) is 2.40. The summed E-state index contributed by atoms with van der Waals surface area (Å²) >= 11 is 0. The van der Waals surface area contributed by atoms with Gasteiger partial charge in [-0.05, 0) is 46.0 Å². The fourth-order valence-corrected chi connectivity index (χ4v) is 2.40. The quantitative estimate of drug-likeness (QED) is 0.607. The van der Waals surface area contributed by atoms with E-state index >= 15 is 0 Å². The molecule has 2 heteroatoms. The first-order valence-electron chi connectivity index (χ1n) is 5.52. The molecule has 0 bridgehead atoms. The zero-order valence-corrected chi connectivity index (χ0v) is 8.62. The second kappa shape index (κ2) is 3.32. The monoisotopic (exact) mass is 181 g/mol. The van der Waals surface area contributed by atoms with Crippen LogP contribution in [0.25, 0.3) is 0 Å². The van der Waals surface area contributed by atoms with E-state index in [2.05, 4.69) is 18.7 Å². The van der Waals surface area contributed by atoms with Crippen LogP contribution in [0.15, 0.2) is 0 Å². The number of nitrogens with zero attached hydrogens (tertiary/aromatic N) is 1. The van der Waals surface area contributed by atoms with Crippen LogP contribution in [-0.2, 0) is 4.79 Å². The number of hydrogen-bond donors (Lipinski definition) is 0. The number of hydrogen-bond acceptors (Lipinski definition) is 1. The molecular weight excluding hydrogens is 162 g/mol. The van der Waals surface area contributed by atoms with Crippen molar-refractivity contribution in [2.24, 2.45) is 5.92 Å². The molecule has 0 aromatic rings. The largest absolute Gasteiger partial charge is 0.337 e. The Morgan fingerprint density at radius 2 is 1.62 bits per heavy atom. The second-order valence-corrected chi connectivity index (χ2v) is 4.65. The molecule has 0 aromatic carbocycles. The summed E-state index contributed by atoms with van der Waals surface area (Å²) in [7, 11) is 0. The average molecular weight is 181 g/mol. The van der Waals surface area contributed by atoms with Gasteiger partial charge in [0.1, 0.15) is 0 Å². The lowest BCUT2D eigenvalue weighted by atomic mass is 9.97. The summed E-state index contributed by atoms with van der Waals surface area (Å²) in [6.07, 6.45) is 5.95. The van der Waals surface area contributed by atoms with Crippen LogP contribution in [-0.4, -0.2) is 22.9 Å². The predicted molar refractivity (Wildman–Crippen MR) is 52.3 cm³/mol. The Kier molecular flexibility index (Phi) is 2.31. The molecule has 74 valence electrons. The number of likely N-dealkylation sites (tertiary alicyclic amines) is 1. The van der Waals surface area contributed by atoms with E-state index in [9.17, 15) is 4.79 Å². The van der Waals surface area contributed by atoms with Crippen molar-refractivity contribution in [1.82, 2.24) is 4.90 Å². The lowest BCUT2D eigenvalue weighted by molar-refractivity contribution is -0.138. The molecule has 2 rings (SSSR count). The van der Waals surface area contributed by atoms with Crippen molar-refractivity contribution in [3.8, 4) is 0 Å². The van der Waals surface area contributed by atoms with E-state index in [0.717, 1.165) is 12.8 Å². The maximum absolute atomic E-state index is 11.9. The molecular formula is C11H19NO. The van der Waals surface area contributed by atoms with Crippen molar-refractivity contribution >= 4 is 5.91 Å². The van der Waals surface area contributed by atoms with Crippen molar-refractivity contribution in [3.05, 3.63) is 0 Å². The molecule has 13 heavy (non-hydrogen) atoms. The third-order valence-corrected chi connectivity index (χ3v) is 3.37. The molecule has 1 heterocycles. The van der Waals surface area contributed by atoms with Crippen molar-refractivity contribution < 1.29 is 4.79 Å². The van der Waals surface area contributed by atoms with Gasteiger partial charge in [-0.25, -0.2) is 0 Å². The molecule has 0 N–H and O–H groups in total. The average Bonchev–Trinajstić information content (AvgIpc) is 2.85. The van der Waals surface area contributed by atoms with E-state index in [1.54, 1.807) is 0 Å². The van der Waals surface area contributed by atoms with Crippen molar-refractivity contribution in [2.75, 3.05) is 0 Å². The van der Waals surface area contributed by atoms with E-state index in [1.165, 1.54) is 19.3 Å². The fraction of sp³-hybridized carbons (Fsp3) is 0.909. The highest BCUT2D eigenvalue weighted by Gasteiger charge is 2.38. The zero-order chi connectivity index (χ0) is 9.42. The Morgan fingerprint density at radius 1 is 1.08 bits per heavy atom. The highest BCUT2D eigenvalue weighted by Crippen LogP contribution is 2.34. The van der Waals surface area contributed by atoms with Crippen LogP contribution >= 0.6 is 0 Å². The molecule has 0 unspecified atom stereocenters. The molecule has 2 atom stereocenters. The number of rotatable bonds is 1. The molecule has 0 radical (unpaired) electrons. The molecule has 0 spiro atoms. The van der Waals surface area contributed by atoms with Gasteiger partial charge in [0.2, 0.25) is 5.91 Å². The van der Waals surface area contributed by atoms with Crippen LogP contribution in [0, 0.1) is 5.92 Å². The summed E-state index contributed by atoms with van der Waals surface area (Å²) in [5, 5.41) is 0. The van der Waals surface area contributed by atoms with Crippen molar-refractivity contribution in [3.63, 3.8) is 0 Å². The molecule has 2 nitrogen and oxygen atoms in total. The number of amides is 1. The number of piperidine rings is 1. The number of carbonyl (C=O) groups is 1. The topological polar surface area (TPSA) is 20.3 Å². The summed E-state index contributed by atoms with van der Waals surface area (Å²) < 4.78 is 0. The molecule has 1 aliphatic heterocycles. The normalized spacial score (nSPS) is 34.8. The Morgan fingerprint density at radius 3 is 2.08 bits per heavy atom. The third-order valence-electron chi connectivity index (χ3n) is 3.37. The van der Waals surface area contributed by atoms with Crippen LogP contribution in [0.4, 0.5) is 0 Å². The SMILES string of the molecule is C[C@@H]1CCC[C@@H](C)N1C(=O)C1CC1. The molecule has 1 aliphatic carbocycles. The van der Waals surface area contributed by atoms with Crippen molar-refractivity contribution in [1.29, 1.82) is 0 Å². The van der Waals surface area contributed by atoms with Crippen LogP contribution in [0.3, 0.4) is 0 Å². The van der Waals surface area contributed by atoms with E-state index in [1.807, 2.05) is 0 Å². The highest BCUT2D eigenvalue weighted by molar-refractivity contribution is 5.81. The summed E-state index contributed by atoms with van der Waals surface area (Å²) in [5.74, 6) is 0.822. The minimum absolute atomic E-state index is 0.392. The first-order chi connectivity index (χ1) is 6.20. The lowest BCUT2D eigenvalue weighted by Gasteiger charge is -2.39. The highest BCUT2D eigenvalue weighted by atomic mass is 16.2. The third kappa shape index (κ3) is 1.72. The molecule has 1 amide bonds. The summed E-state index contributed by atoms with van der Waals surface area (Å²) in [6.45, 7) is 4.38. The van der Waals surface area contributed by atoms with Gasteiger partial charge in [-0.15, -0.1) is 0 Å². The Labute approximate surface area is 80.3 Å². The van der Waals surface area contributed by atoms with Crippen LogP contribution < -0.4 is 0 Å². The first kappa shape index (κ1) is 9.04. The zero-order valence-electron chi connectivity index (χ0n) is 8.62. The first-order valence-corrected chi connectivity index (χ1v) is 5.52. The minimum atomic E-state index is 0.392. The van der Waals surface area contributed by atoms with Gasteiger partial charge in [0.25, 0.3) is 0 Å². The predicted octanol–water partition coefficient (Wildman–Crippen LogP) is 2.19. The molecule has 1 saturated carbocycles. The molecule has 1 saturated heterocycles. The Hall–Kier alpha value is -0.530. The Bertz CT molecular complexity index is 200. The molecule has 2 fully saturated rings. The van der Waals surface area contributed by atoms with Crippen LogP contribution in [0.2, 0.25) is 0 Å². The molecule has 0 aromatic heterocycles. The van der Waals surface area contributed by atoms with E-state index in [4.69, 9.17) is 0 Å².